The molecule has 0 saturated carbocycles. The number of H-pyrrole nitrogens is 1. The van der Waals surface area contributed by atoms with E-state index in [0.29, 0.717) is 42.5 Å². The van der Waals surface area contributed by atoms with Crippen LogP contribution in [0.4, 0.5) is 4.39 Å². The van der Waals surface area contributed by atoms with Gasteiger partial charge in [-0.1, -0.05) is 0 Å². The number of nitrogens with one attached hydrogen (secondary N) is 2. The van der Waals surface area contributed by atoms with Crippen molar-refractivity contribution >= 4 is 5.91 Å². The number of amides is 1. The highest BCUT2D eigenvalue weighted by Gasteiger charge is 2.16. The Balaban J connectivity index is 1.69. The van der Waals surface area contributed by atoms with Gasteiger partial charge in [-0.15, -0.1) is 0 Å². The SMILES string of the molecule is COCCn1cncc1CNC(=O)c1nc(-c2ccc(F)cc2)[nH]c1C. The predicted octanol–water partition coefficient (Wildman–Crippen LogP) is 2.30. The average molecular weight is 357 g/mol. The summed E-state index contributed by atoms with van der Waals surface area (Å²) in [4.78, 5) is 24.0. The van der Waals surface area contributed by atoms with Crippen molar-refractivity contribution in [1.82, 2.24) is 24.8 Å². The van der Waals surface area contributed by atoms with Gasteiger partial charge in [-0.05, 0) is 31.2 Å². The molecule has 0 unspecified atom stereocenters. The molecule has 2 heterocycles. The molecule has 0 atom stereocenters. The summed E-state index contributed by atoms with van der Waals surface area (Å²) >= 11 is 0. The van der Waals surface area contributed by atoms with Gasteiger partial charge in [0.15, 0.2) is 0 Å². The lowest BCUT2D eigenvalue weighted by atomic mass is 10.2. The first-order valence-corrected chi connectivity index (χ1v) is 8.17. The topological polar surface area (TPSA) is 84.8 Å². The van der Waals surface area contributed by atoms with Crippen LogP contribution in [0.2, 0.25) is 0 Å². The summed E-state index contributed by atoms with van der Waals surface area (Å²) in [6.07, 6.45) is 3.41. The Morgan fingerprint density at radius 2 is 2.12 bits per heavy atom. The van der Waals surface area contributed by atoms with Crippen molar-refractivity contribution in [2.75, 3.05) is 13.7 Å². The molecule has 3 aromatic rings. The molecule has 1 aromatic carbocycles. The highest BCUT2D eigenvalue weighted by atomic mass is 19.1. The van der Waals surface area contributed by atoms with Crippen molar-refractivity contribution < 1.29 is 13.9 Å². The molecule has 0 spiro atoms. The van der Waals surface area contributed by atoms with Gasteiger partial charge < -0.3 is 19.6 Å². The zero-order valence-corrected chi connectivity index (χ0v) is 14.6. The second-order valence-corrected chi connectivity index (χ2v) is 5.82. The van der Waals surface area contributed by atoms with Gasteiger partial charge in [0.05, 0.1) is 25.2 Å². The van der Waals surface area contributed by atoms with Gasteiger partial charge in [-0.2, -0.15) is 0 Å². The monoisotopic (exact) mass is 357 g/mol. The third-order valence-corrected chi connectivity index (χ3v) is 3.98. The molecule has 0 aliphatic carbocycles. The Labute approximate surface area is 150 Å². The number of hydrogen-bond donors (Lipinski definition) is 2. The fourth-order valence-corrected chi connectivity index (χ4v) is 2.57. The van der Waals surface area contributed by atoms with Crippen molar-refractivity contribution in [3.05, 3.63) is 59.7 Å². The lowest BCUT2D eigenvalue weighted by molar-refractivity contribution is 0.0944. The van der Waals surface area contributed by atoms with Crippen LogP contribution in [0.15, 0.2) is 36.8 Å². The van der Waals surface area contributed by atoms with Gasteiger partial charge in [0.25, 0.3) is 5.91 Å². The number of carbonyl (C=O) groups is 1. The van der Waals surface area contributed by atoms with Gasteiger partial charge in [0.1, 0.15) is 17.3 Å². The van der Waals surface area contributed by atoms with Crippen LogP contribution in [0.1, 0.15) is 21.9 Å². The van der Waals surface area contributed by atoms with Crippen molar-refractivity contribution in [2.24, 2.45) is 0 Å². The zero-order chi connectivity index (χ0) is 18.5. The first-order valence-electron chi connectivity index (χ1n) is 8.17. The summed E-state index contributed by atoms with van der Waals surface area (Å²) in [5, 5.41) is 2.85. The van der Waals surface area contributed by atoms with Crippen LogP contribution < -0.4 is 5.32 Å². The number of methoxy groups -OCH3 is 1. The van der Waals surface area contributed by atoms with Gasteiger partial charge in [0.2, 0.25) is 0 Å². The van der Waals surface area contributed by atoms with E-state index in [0.717, 1.165) is 5.69 Å². The largest absolute Gasteiger partial charge is 0.383 e. The highest BCUT2D eigenvalue weighted by Crippen LogP contribution is 2.18. The molecule has 1 amide bonds. The smallest absolute Gasteiger partial charge is 0.272 e. The van der Waals surface area contributed by atoms with Gasteiger partial charge in [0, 0.05) is 31.1 Å². The molecule has 0 saturated heterocycles. The lowest BCUT2D eigenvalue weighted by Crippen LogP contribution is -2.25. The number of nitrogens with zero attached hydrogens (tertiary/aromatic N) is 3. The van der Waals surface area contributed by atoms with Gasteiger partial charge >= 0.3 is 0 Å². The van der Waals surface area contributed by atoms with E-state index in [9.17, 15) is 9.18 Å². The maximum absolute atomic E-state index is 13.1. The predicted molar refractivity (Wildman–Crippen MR) is 94.0 cm³/mol. The van der Waals surface area contributed by atoms with Crippen molar-refractivity contribution in [3.8, 4) is 11.4 Å². The summed E-state index contributed by atoms with van der Waals surface area (Å²) in [5.41, 5.74) is 2.55. The molecule has 8 heteroatoms. The first kappa shape index (κ1) is 17.8. The number of imidazole rings is 2. The van der Waals surface area contributed by atoms with Gasteiger partial charge in [-0.3, -0.25) is 4.79 Å². The number of carbonyl (C=O) groups excluding carboxylic acids is 1. The molecule has 3 rings (SSSR count). The molecule has 2 N–H and O–H groups in total. The summed E-state index contributed by atoms with van der Waals surface area (Å²) in [6.45, 7) is 3.34. The minimum Gasteiger partial charge on any atom is -0.383 e. The lowest BCUT2D eigenvalue weighted by Gasteiger charge is -2.08. The van der Waals surface area contributed by atoms with Crippen LogP contribution in [-0.4, -0.2) is 39.1 Å². The Kier molecular flexibility index (Phi) is 5.43. The van der Waals surface area contributed by atoms with E-state index in [1.807, 2.05) is 4.57 Å². The maximum Gasteiger partial charge on any atom is 0.272 e. The van der Waals surface area contributed by atoms with E-state index in [-0.39, 0.29) is 11.7 Å². The molecule has 0 aliphatic heterocycles. The molecule has 0 fully saturated rings. The Hall–Kier alpha value is -3.00. The van der Waals surface area contributed by atoms with Crippen LogP contribution in [0.5, 0.6) is 0 Å². The van der Waals surface area contributed by atoms with Crippen LogP contribution >= 0.6 is 0 Å². The van der Waals surface area contributed by atoms with E-state index >= 15 is 0 Å². The molecule has 136 valence electrons. The molecular formula is C18H20FN5O2. The number of benzene rings is 1. The third kappa shape index (κ3) is 3.97. The number of aryl methyl sites for hydroxylation is 1. The molecule has 0 radical (unpaired) electrons. The van der Waals surface area contributed by atoms with E-state index in [4.69, 9.17) is 4.74 Å². The Bertz CT molecular complexity index is 885. The molecule has 2 aromatic heterocycles. The third-order valence-electron chi connectivity index (χ3n) is 3.98. The Morgan fingerprint density at radius 1 is 1.35 bits per heavy atom. The van der Waals surface area contributed by atoms with E-state index in [1.165, 1.54) is 12.1 Å². The highest BCUT2D eigenvalue weighted by molar-refractivity contribution is 5.94. The quantitative estimate of drug-likeness (QED) is 0.679. The minimum atomic E-state index is -0.319. The summed E-state index contributed by atoms with van der Waals surface area (Å²) < 4.78 is 20.0. The standard InChI is InChI=1S/C18H20FN5O2/c1-12-16(23-17(22-12)13-3-5-14(19)6-4-13)18(25)21-10-15-9-20-11-24(15)7-8-26-2/h3-6,9,11H,7-8,10H2,1-2H3,(H,21,25)(H,22,23). The van der Waals surface area contributed by atoms with Crippen molar-refractivity contribution in [3.63, 3.8) is 0 Å². The van der Waals surface area contributed by atoms with E-state index in [2.05, 4.69) is 20.3 Å². The van der Waals surface area contributed by atoms with Gasteiger partial charge in [-0.25, -0.2) is 14.4 Å². The normalized spacial score (nSPS) is 10.9. The molecule has 0 bridgehead atoms. The van der Waals surface area contributed by atoms with Crippen LogP contribution in [0, 0.1) is 12.7 Å². The second kappa shape index (κ2) is 7.92. The summed E-state index contributed by atoms with van der Waals surface area (Å²) in [7, 11) is 1.64. The van der Waals surface area contributed by atoms with Crippen LogP contribution in [-0.2, 0) is 17.8 Å². The second-order valence-electron chi connectivity index (χ2n) is 5.82. The molecule has 0 aliphatic rings. The summed E-state index contributed by atoms with van der Waals surface area (Å²) in [6, 6.07) is 5.94. The fraction of sp³-hybridized carbons (Fsp3) is 0.278. The summed E-state index contributed by atoms with van der Waals surface area (Å²) in [5.74, 6) is -0.0792. The number of hydrogen-bond acceptors (Lipinski definition) is 4. The van der Waals surface area contributed by atoms with Crippen LogP contribution in [0.25, 0.3) is 11.4 Å². The zero-order valence-electron chi connectivity index (χ0n) is 14.6. The van der Waals surface area contributed by atoms with E-state index < -0.39 is 0 Å². The molecule has 26 heavy (non-hydrogen) atoms. The number of rotatable bonds is 7. The maximum atomic E-state index is 13.1. The number of aromatic nitrogens is 4. The number of aromatic amines is 1. The first-order chi connectivity index (χ1) is 12.6. The molecule has 7 nitrogen and oxygen atoms in total. The Morgan fingerprint density at radius 3 is 2.85 bits per heavy atom. The van der Waals surface area contributed by atoms with Crippen LogP contribution in [0.3, 0.4) is 0 Å². The van der Waals surface area contributed by atoms with Crippen molar-refractivity contribution in [2.45, 2.75) is 20.0 Å². The van der Waals surface area contributed by atoms with Crippen molar-refractivity contribution in [1.29, 1.82) is 0 Å². The number of halogens is 1. The average Bonchev–Trinajstić information content (AvgIpc) is 3.25. The fourth-order valence-electron chi connectivity index (χ4n) is 2.57. The molecular weight excluding hydrogens is 337 g/mol. The minimum absolute atomic E-state index is 0.286. The van der Waals surface area contributed by atoms with E-state index in [1.54, 1.807) is 38.7 Å². The number of ether oxygens (including phenoxy) is 1.